The van der Waals surface area contributed by atoms with Crippen molar-refractivity contribution in [2.75, 3.05) is 13.2 Å². The van der Waals surface area contributed by atoms with E-state index in [1.165, 1.54) is 10.9 Å². The van der Waals surface area contributed by atoms with Crippen LogP contribution in [0.2, 0.25) is 5.02 Å². The Balaban J connectivity index is 0.000000231. The van der Waals surface area contributed by atoms with Gasteiger partial charge in [-0.05, 0) is 27.0 Å². The van der Waals surface area contributed by atoms with Gasteiger partial charge in [-0.15, -0.1) is 17.2 Å². The first-order valence-corrected chi connectivity index (χ1v) is 7.62. The third-order valence-corrected chi connectivity index (χ3v) is 3.29. The van der Waals surface area contributed by atoms with E-state index in [4.69, 9.17) is 21.1 Å². The van der Waals surface area contributed by atoms with Crippen molar-refractivity contribution in [1.29, 1.82) is 0 Å². The SMILES string of the molecule is CC(C)(C)n1nc[c-]c(Cl)c1=O.[W+2].[c-]1ccc(C2OCCO2)cc1. The van der Waals surface area contributed by atoms with Crippen LogP contribution in [0, 0.1) is 12.1 Å². The zero-order chi connectivity index (χ0) is 16.9. The Morgan fingerprint density at radius 3 is 2.33 bits per heavy atom. The van der Waals surface area contributed by atoms with Gasteiger partial charge in [0.05, 0.1) is 13.2 Å². The molecule has 3 rings (SSSR count). The van der Waals surface area contributed by atoms with Gasteiger partial charge in [0.25, 0.3) is 0 Å². The van der Waals surface area contributed by atoms with E-state index >= 15 is 0 Å². The molecule has 0 unspecified atom stereocenters. The number of ether oxygens (including phenoxy) is 2. The molecule has 1 saturated heterocycles. The number of hydrogen-bond donors (Lipinski definition) is 0. The van der Waals surface area contributed by atoms with Gasteiger partial charge in [0.15, 0.2) is 6.29 Å². The van der Waals surface area contributed by atoms with Gasteiger partial charge in [0, 0.05) is 5.54 Å². The van der Waals surface area contributed by atoms with E-state index in [0.717, 1.165) is 5.56 Å². The fourth-order valence-corrected chi connectivity index (χ4v) is 2.06. The van der Waals surface area contributed by atoms with Gasteiger partial charge in [-0.1, -0.05) is 5.02 Å². The van der Waals surface area contributed by atoms with Crippen molar-refractivity contribution in [2.45, 2.75) is 32.6 Å². The van der Waals surface area contributed by atoms with Crippen LogP contribution in [0.25, 0.3) is 0 Å². The minimum Gasteiger partial charge on any atom is -0.380 e. The van der Waals surface area contributed by atoms with E-state index in [1.54, 1.807) is 0 Å². The second kappa shape index (κ2) is 9.47. The summed E-state index contributed by atoms with van der Waals surface area (Å²) in [7, 11) is 0. The molecule has 0 bridgehead atoms. The summed E-state index contributed by atoms with van der Waals surface area (Å²) in [5, 5.41) is 3.96. The second-order valence-corrected chi connectivity index (χ2v) is 6.28. The second-order valence-electron chi connectivity index (χ2n) is 5.90. The van der Waals surface area contributed by atoms with Crippen LogP contribution in [0.1, 0.15) is 32.6 Å². The molecule has 0 atom stereocenters. The van der Waals surface area contributed by atoms with Crippen LogP contribution in [0.15, 0.2) is 35.3 Å². The van der Waals surface area contributed by atoms with Gasteiger partial charge in [-0.25, -0.2) is 11.2 Å². The zero-order valence-electron chi connectivity index (χ0n) is 13.8. The summed E-state index contributed by atoms with van der Waals surface area (Å²) >= 11 is 5.59. The molecule has 0 radical (unpaired) electrons. The third kappa shape index (κ3) is 5.82. The van der Waals surface area contributed by atoms with Crippen molar-refractivity contribution in [3.05, 3.63) is 63.5 Å². The van der Waals surface area contributed by atoms with Gasteiger partial charge in [0.1, 0.15) is 5.56 Å². The van der Waals surface area contributed by atoms with Crippen LogP contribution in [0.3, 0.4) is 0 Å². The number of nitrogens with zero attached hydrogens (tertiary/aromatic N) is 2. The molecule has 0 spiro atoms. The number of halogens is 1. The average molecular weight is 519 g/mol. The average Bonchev–Trinajstić information content (AvgIpc) is 3.05. The molecule has 2 heterocycles. The number of aromatic nitrogens is 2. The van der Waals surface area contributed by atoms with E-state index in [1.807, 2.05) is 45.0 Å². The van der Waals surface area contributed by atoms with E-state index < -0.39 is 0 Å². The molecule has 1 aromatic heterocycles. The van der Waals surface area contributed by atoms with Crippen LogP contribution in [-0.2, 0) is 36.1 Å². The smallest absolute Gasteiger partial charge is 0.380 e. The molecule has 5 nitrogen and oxygen atoms in total. The first-order chi connectivity index (χ1) is 10.9. The van der Waals surface area contributed by atoms with Gasteiger partial charge in [0.2, 0.25) is 0 Å². The summed E-state index contributed by atoms with van der Waals surface area (Å²) in [4.78, 5) is 11.4. The fourth-order valence-electron chi connectivity index (χ4n) is 1.94. The predicted octanol–water partition coefficient (Wildman–Crippen LogP) is 2.98. The van der Waals surface area contributed by atoms with E-state index in [2.05, 4.69) is 17.2 Å². The molecule has 0 aliphatic carbocycles. The maximum absolute atomic E-state index is 11.4. The predicted molar refractivity (Wildman–Crippen MR) is 87.3 cm³/mol. The molecular weight excluding hydrogens is 499 g/mol. The maximum Gasteiger partial charge on any atom is 2.00 e. The molecule has 1 fully saturated rings. The molecule has 1 aliphatic rings. The minimum absolute atomic E-state index is 0. The number of hydrogen-bond acceptors (Lipinski definition) is 4. The molecule has 2 aromatic rings. The molecular formula is C17H19ClN2O3W. The first kappa shape index (κ1) is 21.0. The van der Waals surface area contributed by atoms with Crippen LogP contribution in [0.5, 0.6) is 0 Å². The Labute approximate surface area is 161 Å². The van der Waals surface area contributed by atoms with Crippen molar-refractivity contribution < 1.29 is 30.5 Å². The van der Waals surface area contributed by atoms with Crippen molar-refractivity contribution in [3.63, 3.8) is 0 Å². The Hall–Kier alpha value is -1.00. The van der Waals surface area contributed by atoms with Crippen LogP contribution >= 0.6 is 11.6 Å². The van der Waals surface area contributed by atoms with Crippen molar-refractivity contribution >= 4 is 11.6 Å². The Morgan fingerprint density at radius 1 is 1.25 bits per heavy atom. The molecule has 1 aliphatic heterocycles. The Kier molecular flexibility index (Phi) is 8.31. The number of rotatable bonds is 1. The third-order valence-electron chi connectivity index (χ3n) is 3.02. The van der Waals surface area contributed by atoms with Crippen LogP contribution in [-0.4, -0.2) is 23.0 Å². The van der Waals surface area contributed by atoms with Crippen molar-refractivity contribution in [1.82, 2.24) is 9.78 Å². The monoisotopic (exact) mass is 518 g/mol. The zero-order valence-corrected chi connectivity index (χ0v) is 17.5. The summed E-state index contributed by atoms with van der Waals surface area (Å²) < 4.78 is 11.9. The fraction of sp³-hybridized carbons (Fsp3) is 0.412. The summed E-state index contributed by atoms with van der Waals surface area (Å²) in [6.07, 6.45) is 1.25. The van der Waals surface area contributed by atoms with Crippen LogP contribution < -0.4 is 5.56 Å². The first-order valence-electron chi connectivity index (χ1n) is 7.25. The Morgan fingerprint density at radius 2 is 1.83 bits per heavy atom. The standard InChI is InChI=1S/C9H9O2.C8H10ClN2O.W/c1-2-4-8(5-3-1)9-10-6-7-11-9;1-8(2,3)11-7(12)6(9)4-5-10-11;/h2-5,9H,6-7H2;5H,1-3H3;/q2*-1;+2. The minimum atomic E-state index is -0.337. The molecule has 0 saturated carbocycles. The quantitative estimate of drug-likeness (QED) is 0.545. The van der Waals surface area contributed by atoms with Crippen LogP contribution in [0.4, 0.5) is 0 Å². The maximum atomic E-state index is 11.4. The molecule has 0 amide bonds. The summed E-state index contributed by atoms with van der Waals surface area (Å²) in [6, 6.07) is 13.1. The summed E-state index contributed by atoms with van der Waals surface area (Å²) in [6.45, 7) is 7.06. The Bertz CT molecular complexity index is 680. The molecule has 24 heavy (non-hydrogen) atoms. The molecule has 1 aromatic carbocycles. The van der Waals surface area contributed by atoms with Crippen molar-refractivity contribution in [3.8, 4) is 0 Å². The summed E-state index contributed by atoms with van der Waals surface area (Å²) in [5.41, 5.74) is 0.434. The van der Waals surface area contributed by atoms with E-state index in [-0.39, 0.29) is 43.5 Å². The van der Waals surface area contributed by atoms with E-state index in [0.29, 0.717) is 13.2 Å². The van der Waals surface area contributed by atoms with Gasteiger partial charge < -0.3 is 19.0 Å². The molecule has 128 valence electrons. The summed E-state index contributed by atoms with van der Waals surface area (Å²) in [5.74, 6) is 0. The van der Waals surface area contributed by atoms with Gasteiger partial charge in [-0.2, -0.15) is 30.3 Å². The van der Waals surface area contributed by atoms with Gasteiger partial charge in [-0.3, -0.25) is 0 Å². The largest absolute Gasteiger partial charge is 2.00 e. The number of benzene rings is 1. The van der Waals surface area contributed by atoms with Crippen molar-refractivity contribution in [2.24, 2.45) is 0 Å². The van der Waals surface area contributed by atoms with Gasteiger partial charge >= 0.3 is 21.1 Å². The molecule has 7 heteroatoms. The molecule has 0 N–H and O–H groups in total. The topological polar surface area (TPSA) is 53.4 Å². The normalized spacial score (nSPS) is 14.5. The van der Waals surface area contributed by atoms with E-state index in [9.17, 15) is 4.79 Å².